The van der Waals surface area contributed by atoms with Gasteiger partial charge >= 0.3 is 0 Å². The minimum Gasteiger partial charge on any atom is -0.371 e. The van der Waals surface area contributed by atoms with Crippen molar-refractivity contribution in [2.24, 2.45) is 5.92 Å². The normalized spacial score (nSPS) is 38.1. The largest absolute Gasteiger partial charge is 0.371 e. The van der Waals surface area contributed by atoms with Crippen molar-refractivity contribution >= 4 is 11.6 Å². The van der Waals surface area contributed by atoms with E-state index in [4.69, 9.17) is 16.3 Å². The van der Waals surface area contributed by atoms with Crippen LogP contribution in [-0.4, -0.2) is 30.2 Å². The minimum absolute atomic E-state index is 0.0912. The fraction of sp³-hybridized carbons (Fsp3) is 1.00. The summed E-state index contributed by atoms with van der Waals surface area (Å²) >= 11 is 5.97. The average Bonchev–Trinajstić information content (AvgIpc) is 2.81. The van der Waals surface area contributed by atoms with Crippen molar-refractivity contribution in [1.29, 1.82) is 0 Å². The van der Waals surface area contributed by atoms with Gasteiger partial charge in [0.2, 0.25) is 0 Å². The number of hydrogen-bond acceptors (Lipinski definition) is 2. The Labute approximate surface area is 104 Å². The van der Waals surface area contributed by atoms with E-state index < -0.39 is 0 Å². The molecule has 2 nitrogen and oxygen atoms in total. The van der Waals surface area contributed by atoms with E-state index in [0.29, 0.717) is 18.1 Å². The number of ether oxygens (including phenoxy) is 1. The zero-order chi connectivity index (χ0) is 11.6. The predicted octanol–water partition coefficient (Wildman–Crippen LogP) is 2.94. The van der Waals surface area contributed by atoms with Crippen LogP contribution in [0.2, 0.25) is 0 Å². The standard InChI is InChI=1S/C13H24ClNO/c1-13(2)7-6-11(16-13)9-15-12-5-3-4-10(12)8-14/h10-12,15H,3-9H2,1-2H3. The van der Waals surface area contributed by atoms with E-state index in [1.165, 1.54) is 32.1 Å². The van der Waals surface area contributed by atoms with Crippen LogP contribution in [0.25, 0.3) is 0 Å². The van der Waals surface area contributed by atoms with Crippen molar-refractivity contribution < 1.29 is 4.74 Å². The minimum atomic E-state index is 0.0912. The molecule has 2 aliphatic rings. The molecule has 2 rings (SSSR count). The highest BCUT2D eigenvalue weighted by Crippen LogP contribution is 2.30. The van der Waals surface area contributed by atoms with Crippen molar-refractivity contribution in [2.75, 3.05) is 12.4 Å². The van der Waals surface area contributed by atoms with Crippen LogP contribution in [0.15, 0.2) is 0 Å². The van der Waals surface area contributed by atoms with Gasteiger partial charge in [-0.15, -0.1) is 11.6 Å². The van der Waals surface area contributed by atoms with Gasteiger partial charge in [-0.05, 0) is 45.4 Å². The van der Waals surface area contributed by atoms with Gasteiger partial charge in [0.15, 0.2) is 0 Å². The monoisotopic (exact) mass is 245 g/mol. The molecule has 0 spiro atoms. The molecule has 94 valence electrons. The third-order valence-electron chi connectivity index (χ3n) is 4.02. The summed E-state index contributed by atoms with van der Waals surface area (Å²) in [7, 11) is 0. The maximum Gasteiger partial charge on any atom is 0.0707 e. The lowest BCUT2D eigenvalue weighted by molar-refractivity contribution is -0.0154. The Hall–Kier alpha value is 0.210. The first-order valence-electron chi connectivity index (χ1n) is 6.58. The molecule has 0 aromatic rings. The SMILES string of the molecule is CC1(C)CCC(CNC2CCCC2CCl)O1. The molecule has 3 heteroatoms. The Balaban J connectivity index is 1.71. The maximum atomic E-state index is 5.98. The summed E-state index contributed by atoms with van der Waals surface area (Å²) in [5, 5.41) is 3.65. The molecule has 1 N–H and O–H groups in total. The van der Waals surface area contributed by atoms with Crippen molar-refractivity contribution in [2.45, 2.75) is 63.7 Å². The zero-order valence-electron chi connectivity index (χ0n) is 10.5. The van der Waals surface area contributed by atoms with Crippen molar-refractivity contribution in [1.82, 2.24) is 5.32 Å². The summed E-state index contributed by atoms with van der Waals surface area (Å²) in [6.07, 6.45) is 6.69. The van der Waals surface area contributed by atoms with Crippen molar-refractivity contribution in [3.8, 4) is 0 Å². The van der Waals surface area contributed by atoms with E-state index in [1.54, 1.807) is 0 Å². The fourth-order valence-electron chi connectivity index (χ4n) is 2.99. The lowest BCUT2D eigenvalue weighted by Gasteiger charge is -2.23. The molecule has 0 radical (unpaired) electrons. The number of hydrogen-bond donors (Lipinski definition) is 1. The molecule has 0 bridgehead atoms. The highest BCUT2D eigenvalue weighted by Gasteiger charge is 2.33. The quantitative estimate of drug-likeness (QED) is 0.769. The molecule has 1 heterocycles. The van der Waals surface area contributed by atoms with Gasteiger partial charge in [-0.25, -0.2) is 0 Å². The summed E-state index contributed by atoms with van der Waals surface area (Å²) in [4.78, 5) is 0. The van der Waals surface area contributed by atoms with Crippen molar-refractivity contribution in [3.05, 3.63) is 0 Å². The predicted molar refractivity (Wildman–Crippen MR) is 68.0 cm³/mol. The highest BCUT2D eigenvalue weighted by molar-refractivity contribution is 6.18. The summed E-state index contributed by atoms with van der Waals surface area (Å²) in [6.45, 7) is 5.37. The van der Waals surface area contributed by atoms with Gasteiger partial charge in [-0.1, -0.05) is 6.42 Å². The Kier molecular flexibility index (Phi) is 4.15. The molecule has 16 heavy (non-hydrogen) atoms. The summed E-state index contributed by atoms with van der Waals surface area (Å²) in [6, 6.07) is 0.629. The van der Waals surface area contributed by atoms with E-state index in [1.807, 2.05) is 0 Å². The molecule has 3 unspecified atom stereocenters. The van der Waals surface area contributed by atoms with Gasteiger partial charge < -0.3 is 10.1 Å². The molecular weight excluding hydrogens is 222 g/mol. The molecule has 3 atom stereocenters. The maximum absolute atomic E-state index is 5.98. The van der Waals surface area contributed by atoms with Gasteiger partial charge in [0, 0.05) is 18.5 Å². The Morgan fingerprint density at radius 1 is 1.31 bits per heavy atom. The molecule has 1 aliphatic heterocycles. The molecule has 2 fully saturated rings. The third-order valence-corrected chi connectivity index (χ3v) is 4.42. The van der Waals surface area contributed by atoms with Gasteiger partial charge in [0.05, 0.1) is 11.7 Å². The first-order valence-corrected chi connectivity index (χ1v) is 7.11. The van der Waals surface area contributed by atoms with E-state index in [2.05, 4.69) is 19.2 Å². The number of halogens is 1. The lowest BCUT2D eigenvalue weighted by atomic mass is 10.0. The molecule has 1 saturated carbocycles. The van der Waals surface area contributed by atoms with Crippen molar-refractivity contribution in [3.63, 3.8) is 0 Å². The Bertz CT molecular complexity index is 232. The molecule has 1 aliphatic carbocycles. The summed E-state index contributed by atoms with van der Waals surface area (Å²) in [5.74, 6) is 1.48. The van der Waals surface area contributed by atoms with Crippen LogP contribution >= 0.6 is 11.6 Å². The lowest BCUT2D eigenvalue weighted by Crippen LogP contribution is -2.39. The van der Waals surface area contributed by atoms with Crippen LogP contribution < -0.4 is 5.32 Å². The van der Waals surface area contributed by atoms with E-state index in [0.717, 1.165) is 12.4 Å². The molecule has 0 aromatic carbocycles. The van der Waals surface area contributed by atoms with E-state index in [9.17, 15) is 0 Å². The van der Waals surface area contributed by atoms with E-state index >= 15 is 0 Å². The number of nitrogens with one attached hydrogen (secondary N) is 1. The molecule has 0 amide bonds. The number of rotatable bonds is 4. The van der Waals surface area contributed by atoms with Crippen LogP contribution in [-0.2, 0) is 4.74 Å². The fourth-order valence-corrected chi connectivity index (χ4v) is 3.36. The van der Waals surface area contributed by atoms with Crippen LogP contribution in [0.3, 0.4) is 0 Å². The van der Waals surface area contributed by atoms with Gasteiger partial charge in [0.25, 0.3) is 0 Å². The second kappa shape index (κ2) is 5.24. The van der Waals surface area contributed by atoms with Gasteiger partial charge in [-0.3, -0.25) is 0 Å². The Morgan fingerprint density at radius 3 is 2.75 bits per heavy atom. The first-order chi connectivity index (χ1) is 7.61. The van der Waals surface area contributed by atoms with Gasteiger partial charge in [-0.2, -0.15) is 0 Å². The van der Waals surface area contributed by atoms with Crippen LogP contribution in [0.1, 0.15) is 46.0 Å². The smallest absolute Gasteiger partial charge is 0.0707 e. The Morgan fingerprint density at radius 2 is 2.12 bits per heavy atom. The topological polar surface area (TPSA) is 21.3 Å². The van der Waals surface area contributed by atoms with Crippen LogP contribution in [0.4, 0.5) is 0 Å². The molecular formula is C13H24ClNO. The second-order valence-electron chi connectivity index (χ2n) is 5.90. The summed E-state index contributed by atoms with van der Waals surface area (Å²) in [5.41, 5.74) is 0.0912. The van der Waals surface area contributed by atoms with Crippen LogP contribution in [0, 0.1) is 5.92 Å². The van der Waals surface area contributed by atoms with Crippen LogP contribution in [0.5, 0.6) is 0 Å². The van der Waals surface area contributed by atoms with Gasteiger partial charge in [0.1, 0.15) is 0 Å². The average molecular weight is 246 g/mol. The number of alkyl halides is 1. The second-order valence-corrected chi connectivity index (χ2v) is 6.21. The van der Waals surface area contributed by atoms with E-state index in [-0.39, 0.29) is 5.60 Å². The summed E-state index contributed by atoms with van der Waals surface area (Å²) < 4.78 is 5.98. The zero-order valence-corrected chi connectivity index (χ0v) is 11.2. The molecule has 0 aromatic heterocycles. The first kappa shape index (κ1) is 12.7. The highest BCUT2D eigenvalue weighted by atomic mass is 35.5. The third kappa shape index (κ3) is 3.12. The molecule has 1 saturated heterocycles.